The Morgan fingerprint density at radius 1 is 0.688 bits per heavy atom. The number of esters is 1. The lowest BCUT2D eigenvalue weighted by atomic mass is 10.1. The van der Waals surface area contributed by atoms with Crippen LogP contribution in [0.25, 0.3) is 0 Å². The van der Waals surface area contributed by atoms with Gasteiger partial charge in [-0.25, -0.2) is 0 Å². The van der Waals surface area contributed by atoms with Crippen molar-refractivity contribution in [1.29, 1.82) is 0 Å². The molecule has 0 aliphatic rings. The molecular weight excluding hydrogens is 412 g/mol. The first kappa shape index (κ1) is 22.4. The summed E-state index contributed by atoms with van der Waals surface area (Å²) in [6, 6.07) is 18.0. The van der Waals surface area contributed by atoms with Crippen molar-refractivity contribution in [3.63, 3.8) is 0 Å². The number of hydrogen-bond donors (Lipinski definition) is 2. The highest BCUT2D eigenvalue weighted by atomic mass is 16.5. The summed E-state index contributed by atoms with van der Waals surface area (Å²) in [4.78, 5) is 36.2. The smallest absolute Gasteiger partial charge is 0.308 e. The molecule has 3 rings (SSSR count). The molecule has 2 N–H and O–H groups in total. The van der Waals surface area contributed by atoms with E-state index in [0.717, 1.165) is 0 Å². The van der Waals surface area contributed by atoms with Crippen LogP contribution in [0, 0.1) is 0 Å². The van der Waals surface area contributed by atoms with Crippen molar-refractivity contribution < 1.29 is 28.6 Å². The first-order valence-electron chi connectivity index (χ1n) is 9.63. The molecule has 0 radical (unpaired) electrons. The summed E-state index contributed by atoms with van der Waals surface area (Å²) in [5.41, 5.74) is 1.59. The minimum atomic E-state index is -0.446. The van der Waals surface area contributed by atoms with Crippen LogP contribution in [0.1, 0.15) is 27.6 Å². The average Bonchev–Trinajstić information content (AvgIpc) is 2.80. The first-order chi connectivity index (χ1) is 15.4. The molecule has 0 saturated carbocycles. The van der Waals surface area contributed by atoms with E-state index < -0.39 is 11.9 Å². The SMILES string of the molecule is COc1cc(NC(=O)c2ccc(OC(C)=O)cc2)c(OC)cc1NC(=O)c1ccccc1. The summed E-state index contributed by atoms with van der Waals surface area (Å²) >= 11 is 0. The molecule has 0 bridgehead atoms. The first-order valence-corrected chi connectivity index (χ1v) is 9.63. The highest BCUT2D eigenvalue weighted by Gasteiger charge is 2.17. The van der Waals surface area contributed by atoms with Gasteiger partial charge >= 0.3 is 5.97 Å². The Hall–Kier alpha value is -4.33. The molecule has 8 nitrogen and oxygen atoms in total. The molecule has 0 aromatic heterocycles. The molecule has 3 aromatic carbocycles. The predicted octanol–water partition coefficient (Wildman–Crippen LogP) is 4.13. The zero-order valence-corrected chi connectivity index (χ0v) is 17.8. The maximum Gasteiger partial charge on any atom is 0.308 e. The molecule has 3 aromatic rings. The van der Waals surface area contributed by atoms with Crippen LogP contribution in [-0.2, 0) is 4.79 Å². The van der Waals surface area contributed by atoms with Gasteiger partial charge in [-0.05, 0) is 36.4 Å². The fourth-order valence-corrected chi connectivity index (χ4v) is 2.91. The van der Waals surface area contributed by atoms with Gasteiger partial charge in [-0.2, -0.15) is 0 Å². The normalized spacial score (nSPS) is 10.1. The molecule has 2 amide bonds. The number of amides is 2. The fourth-order valence-electron chi connectivity index (χ4n) is 2.91. The van der Waals surface area contributed by atoms with Crippen LogP contribution in [-0.4, -0.2) is 32.0 Å². The Balaban J connectivity index is 1.81. The lowest BCUT2D eigenvalue weighted by molar-refractivity contribution is -0.131. The molecule has 164 valence electrons. The molecule has 0 fully saturated rings. The van der Waals surface area contributed by atoms with Crippen LogP contribution in [0.5, 0.6) is 17.2 Å². The zero-order chi connectivity index (χ0) is 23.1. The highest BCUT2D eigenvalue weighted by Crippen LogP contribution is 2.37. The Morgan fingerprint density at radius 3 is 1.59 bits per heavy atom. The van der Waals surface area contributed by atoms with Gasteiger partial charge in [0.05, 0.1) is 25.6 Å². The third-order valence-electron chi connectivity index (χ3n) is 4.43. The fraction of sp³-hybridized carbons (Fsp3) is 0.125. The van der Waals surface area contributed by atoms with Gasteiger partial charge in [0.15, 0.2) is 0 Å². The van der Waals surface area contributed by atoms with Crippen LogP contribution in [0.2, 0.25) is 0 Å². The number of methoxy groups -OCH3 is 2. The van der Waals surface area contributed by atoms with Gasteiger partial charge in [-0.15, -0.1) is 0 Å². The molecule has 0 spiro atoms. The molecule has 0 atom stereocenters. The van der Waals surface area contributed by atoms with Crippen molar-refractivity contribution >= 4 is 29.2 Å². The molecule has 8 heteroatoms. The van der Waals surface area contributed by atoms with E-state index in [9.17, 15) is 14.4 Å². The van der Waals surface area contributed by atoms with Crippen LogP contribution >= 0.6 is 0 Å². The molecule has 0 aliphatic carbocycles. The van der Waals surface area contributed by atoms with E-state index >= 15 is 0 Å². The van der Waals surface area contributed by atoms with Gasteiger partial charge in [0.1, 0.15) is 17.2 Å². The topological polar surface area (TPSA) is 103 Å². The lowest BCUT2D eigenvalue weighted by Crippen LogP contribution is -2.15. The third kappa shape index (κ3) is 5.42. The number of ether oxygens (including phenoxy) is 3. The molecule has 0 saturated heterocycles. The Bertz CT molecular complexity index is 1130. The van der Waals surface area contributed by atoms with Crippen LogP contribution in [0.3, 0.4) is 0 Å². The molecule has 32 heavy (non-hydrogen) atoms. The lowest BCUT2D eigenvalue weighted by Gasteiger charge is -2.16. The minimum Gasteiger partial charge on any atom is -0.494 e. The van der Waals surface area contributed by atoms with Crippen LogP contribution in [0.4, 0.5) is 11.4 Å². The van der Waals surface area contributed by atoms with Crippen molar-refractivity contribution in [2.45, 2.75) is 6.92 Å². The number of carbonyl (C=O) groups is 3. The molecule has 0 aliphatic heterocycles. The standard InChI is InChI=1S/C24H22N2O6/c1-15(27)32-18-11-9-17(10-12-18)24(29)26-20-14-21(30-2)19(13-22(20)31-3)25-23(28)16-7-5-4-6-8-16/h4-14H,1-3H3,(H,25,28)(H,26,29). The summed E-state index contributed by atoms with van der Waals surface area (Å²) in [5, 5.41) is 5.55. The minimum absolute atomic E-state index is 0.310. The summed E-state index contributed by atoms with van der Waals surface area (Å²) < 4.78 is 15.8. The zero-order valence-electron chi connectivity index (χ0n) is 17.8. The molecule has 0 unspecified atom stereocenters. The van der Waals surface area contributed by atoms with Crippen molar-refractivity contribution in [2.75, 3.05) is 24.9 Å². The Labute approximate surface area is 185 Å². The predicted molar refractivity (Wildman–Crippen MR) is 120 cm³/mol. The Kier molecular flexibility index (Phi) is 7.07. The number of rotatable bonds is 7. The molecule has 0 heterocycles. The summed E-state index contributed by atoms with van der Waals surface area (Å²) in [5.74, 6) is -0.142. The number of hydrogen-bond acceptors (Lipinski definition) is 6. The number of benzene rings is 3. The van der Waals surface area contributed by atoms with Crippen LogP contribution in [0.15, 0.2) is 66.7 Å². The largest absolute Gasteiger partial charge is 0.494 e. The van der Waals surface area contributed by atoms with Gasteiger partial charge in [-0.3, -0.25) is 14.4 Å². The quantitative estimate of drug-likeness (QED) is 0.428. The van der Waals surface area contributed by atoms with Gasteiger partial charge in [-0.1, -0.05) is 18.2 Å². The molecular formula is C24H22N2O6. The van der Waals surface area contributed by atoms with E-state index in [0.29, 0.717) is 39.8 Å². The Morgan fingerprint density at radius 2 is 1.16 bits per heavy atom. The van der Waals surface area contributed by atoms with E-state index in [1.807, 2.05) is 6.07 Å². The highest BCUT2D eigenvalue weighted by molar-refractivity contribution is 6.07. The van der Waals surface area contributed by atoms with Gasteiger partial charge < -0.3 is 24.8 Å². The van der Waals surface area contributed by atoms with E-state index in [-0.39, 0.29) is 5.91 Å². The van der Waals surface area contributed by atoms with Gasteiger partial charge in [0.25, 0.3) is 11.8 Å². The maximum atomic E-state index is 12.7. The van der Waals surface area contributed by atoms with Gasteiger partial charge in [0.2, 0.25) is 0 Å². The van der Waals surface area contributed by atoms with Crippen molar-refractivity contribution in [2.24, 2.45) is 0 Å². The van der Waals surface area contributed by atoms with Crippen molar-refractivity contribution in [3.05, 3.63) is 77.9 Å². The second-order valence-electron chi connectivity index (χ2n) is 6.65. The van der Waals surface area contributed by atoms with Gasteiger partial charge in [0, 0.05) is 30.2 Å². The van der Waals surface area contributed by atoms with E-state index in [1.54, 1.807) is 36.4 Å². The number of carbonyl (C=O) groups excluding carboxylic acids is 3. The monoisotopic (exact) mass is 434 g/mol. The summed E-state index contributed by atoms with van der Waals surface area (Å²) in [6.07, 6.45) is 0. The number of nitrogens with one attached hydrogen (secondary N) is 2. The van der Waals surface area contributed by atoms with Crippen molar-refractivity contribution in [1.82, 2.24) is 0 Å². The van der Waals surface area contributed by atoms with E-state index in [1.165, 1.54) is 45.4 Å². The van der Waals surface area contributed by atoms with Crippen molar-refractivity contribution in [3.8, 4) is 17.2 Å². The maximum absolute atomic E-state index is 12.7. The van der Waals surface area contributed by atoms with E-state index in [4.69, 9.17) is 14.2 Å². The average molecular weight is 434 g/mol. The van der Waals surface area contributed by atoms with E-state index in [2.05, 4.69) is 10.6 Å². The summed E-state index contributed by atoms with van der Waals surface area (Å²) in [7, 11) is 2.91. The second-order valence-corrected chi connectivity index (χ2v) is 6.65. The summed E-state index contributed by atoms with van der Waals surface area (Å²) in [6.45, 7) is 1.30. The second kappa shape index (κ2) is 10.1. The third-order valence-corrected chi connectivity index (χ3v) is 4.43. The van der Waals surface area contributed by atoms with Crippen LogP contribution < -0.4 is 24.8 Å². The number of anilines is 2.